The second-order valence-electron chi connectivity index (χ2n) is 11.1. The predicted molar refractivity (Wildman–Crippen MR) is 160 cm³/mol. The molecule has 0 amide bonds. The highest BCUT2D eigenvalue weighted by atomic mass is 19.1. The van der Waals surface area contributed by atoms with Crippen molar-refractivity contribution >= 4 is 22.4 Å². The number of pyridine rings is 1. The van der Waals surface area contributed by atoms with Crippen molar-refractivity contribution in [2.75, 3.05) is 25.0 Å². The maximum absolute atomic E-state index is 13.9. The highest BCUT2D eigenvalue weighted by Crippen LogP contribution is 2.30. The Kier molecular flexibility index (Phi) is 7.30. The zero-order chi connectivity index (χ0) is 27.6. The number of anilines is 2. The number of hydrogen-bond acceptors (Lipinski definition) is 5. The van der Waals surface area contributed by atoms with E-state index in [1.54, 1.807) is 0 Å². The molecule has 1 N–H and O–H groups in total. The summed E-state index contributed by atoms with van der Waals surface area (Å²) in [5.74, 6) is 0.404. The molecular weight excluding hydrogens is 499 g/mol. The van der Waals surface area contributed by atoms with Crippen LogP contribution in [0.25, 0.3) is 28.1 Å². The molecule has 3 aliphatic rings. The van der Waals surface area contributed by atoms with Crippen LogP contribution in [0, 0.1) is 18.7 Å². The molecule has 7 heteroatoms. The highest BCUT2D eigenvalue weighted by Gasteiger charge is 2.21. The first-order chi connectivity index (χ1) is 19.4. The molecule has 0 saturated carbocycles. The molecule has 0 unspecified atom stereocenters. The van der Waals surface area contributed by atoms with E-state index in [9.17, 15) is 4.39 Å². The van der Waals surface area contributed by atoms with Crippen LogP contribution in [0.15, 0.2) is 84.0 Å². The number of piperidine rings is 1. The molecule has 0 radical (unpaired) electrons. The first-order valence-electron chi connectivity index (χ1n) is 14.1. The molecule has 1 fully saturated rings. The Hall–Kier alpha value is -4.10. The molecule has 2 aliphatic heterocycles. The first kappa shape index (κ1) is 26.1. The van der Waals surface area contributed by atoms with Gasteiger partial charge in [-0.1, -0.05) is 26.0 Å². The zero-order valence-electron chi connectivity index (χ0n) is 23.3. The summed E-state index contributed by atoms with van der Waals surface area (Å²) in [4.78, 5) is 17.4. The van der Waals surface area contributed by atoms with Crippen molar-refractivity contribution in [3.63, 3.8) is 0 Å². The Morgan fingerprint density at radius 1 is 1.00 bits per heavy atom. The van der Waals surface area contributed by atoms with Gasteiger partial charge in [-0.3, -0.25) is 9.98 Å². The van der Waals surface area contributed by atoms with Gasteiger partial charge < -0.3 is 14.8 Å². The number of rotatable bonds is 6. The van der Waals surface area contributed by atoms with Crippen LogP contribution in [0.3, 0.4) is 0 Å². The van der Waals surface area contributed by atoms with Crippen LogP contribution in [0.1, 0.15) is 32.4 Å². The van der Waals surface area contributed by atoms with Gasteiger partial charge in [-0.15, -0.1) is 0 Å². The molecular formula is C33H35FN6. The Labute approximate surface area is 234 Å². The molecule has 1 aromatic heterocycles. The van der Waals surface area contributed by atoms with Gasteiger partial charge in [0.05, 0.1) is 51.4 Å². The number of hydrogen-bond donors (Lipinski definition) is 1. The van der Waals surface area contributed by atoms with E-state index in [1.165, 1.54) is 12.1 Å². The maximum atomic E-state index is 13.9. The fraction of sp³-hybridized carbons (Fsp3) is 0.303. The van der Waals surface area contributed by atoms with Crippen LogP contribution in [0.5, 0.6) is 0 Å². The Morgan fingerprint density at radius 2 is 1.77 bits per heavy atom. The number of halogens is 1. The molecule has 0 spiro atoms. The Bertz CT molecular complexity index is 1650. The van der Waals surface area contributed by atoms with E-state index in [0.29, 0.717) is 5.92 Å². The molecule has 0 atom stereocenters. The second-order valence-corrected chi connectivity index (χ2v) is 11.1. The lowest BCUT2D eigenvalue weighted by Crippen LogP contribution is -2.38. The minimum atomic E-state index is -0.260. The van der Waals surface area contributed by atoms with Gasteiger partial charge in [0.2, 0.25) is 0 Å². The molecule has 1 aliphatic carbocycles. The quantitative estimate of drug-likeness (QED) is 0.245. The summed E-state index contributed by atoms with van der Waals surface area (Å²) in [6.07, 6.45) is 3.91. The number of para-hydroxylation sites is 2. The third-order valence-electron chi connectivity index (χ3n) is 7.47. The average molecular weight is 535 g/mol. The van der Waals surface area contributed by atoms with E-state index in [0.717, 1.165) is 83.0 Å². The van der Waals surface area contributed by atoms with Gasteiger partial charge in [0.25, 0.3) is 0 Å². The van der Waals surface area contributed by atoms with Crippen molar-refractivity contribution in [1.82, 2.24) is 19.4 Å². The number of nitrogens with zero attached hydrogens (tertiary/aromatic N) is 5. The smallest absolute Gasteiger partial charge is 0.123 e. The SMILES string of the molecule is Cc1ccc(Nc2cc3nc4ccccc4n(-c4ccc(F)cc4)c-3cc2=NC2CCN(CC(C)C)CC2)cn1. The van der Waals surface area contributed by atoms with Crippen molar-refractivity contribution in [2.45, 2.75) is 39.7 Å². The summed E-state index contributed by atoms with van der Waals surface area (Å²) in [6, 6.07) is 23.2. The summed E-state index contributed by atoms with van der Waals surface area (Å²) >= 11 is 0. The van der Waals surface area contributed by atoms with E-state index < -0.39 is 0 Å². The lowest BCUT2D eigenvalue weighted by molar-refractivity contribution is 0.192. The molecule has 3 aromatic rings. The van der Waals surface area contributed by atoms with E-state index in [-0.39, 0.29) is 11.9 Å². The van der Waals surface area contributed by atoms with Gasteiger partial charge in [-0.25, -0.2) is 9.37 Å². The van der Waals surface area contributed by atoms with Crippen molar-refractivity contribution < 1.29 is 4.39 Å². The number of aromatic nitrogens is 3. The molecule has 6 nitrogen and oxygen atoms in total. The summed E-state index contributed by atoms with van der Waals surface area (Å²) in [5.41, 5.74) is 7.22. The van der Waals surface area contributed by atoms with Crippen LogP contribution in [0.4, 0.5) is 15.8 Å². The van der Waals surface area contributed by atoms with Gasteiger partial charge in [0, 0.05) is 31.0 Å². The van der Waals surface area contributed by atoms with Crippen molar-refractivity contribution in [3.05, 3.63) is 95.9 Å². The number of likely N-dealkylation sites (tertiary alicyclic amines) is 1. The van der Waals surface area contributed by atoms with Gasteiger partial charge in [0.15, 0.2) is 0 Å². The average Bonchev–Trinajstić information content (AvgIpc) is 2.95. The van der Waals surface area contributed by atoms with Gasteiger partial charge in [-0.2, -0.15) is 0 Å². The largest absolute Gasteiger partial charge is 0.352 e. The minimum absolute atomic E-state index is 0.241. The second kappa shape index (κ2) is 11.2. The molecule has 2 aromatic carbocycles. The molecule has 0 bridgehead atoms. The number of benzene rings is 3. The van der Waals surface area contributed by atoms with Crippen LogP contribution < -0.4 is 10.7 Å². The summed E-state index contributed by atoms with van der Waals surface area (Å²) in [7, 11) is 0. The molecule has 1 saturated heterocycles. The lowest BCUT2D eigenvalue weighted by atomic mass is 10.0. The first-order valence-corrected chi connectivity index (χ1v) is 14.1. The van der Waals surface area contributed by atoms with E-state index in [1.807, 2.05) is 55.6 Å². The van der Waals surface area contributed by atoms with Gasteiger partial charge in [-0.05, 0) is 86.3 Å². The summed E-state index contributed by atoms with van der Waals surface area (Å²) < 4.78 is 16.0. The summed E-state index contributed by atoms with van der Waals surface area (Å²) in [6.45, 7) is 9.79. The molecule has 6 rings (SSSR count). The zero-order valence-corrected chi connectivity index (χ0v) is 23.3. The fourth-order valence-electron chi connectivity index (χ4n) is 5.56. The van der Waals surface area contributed by atoms with E-state index in [4.69, 9.17) is 9.98 Å². The standard InChI is InChI=1S/C33H35FN6/c1-22(2)21-39-16-14-25(15-17-39)36-30-19-33-31(18-29(30)37-26-11-8-23(3)35-20-26)38-28-6-4-5-7-32(28)40(33)27-12-9-24(34)10-13-27/h4-13,18-20,22,25,37H,14-17,21H2,1-3H3. The van der Waals surface area contributed by atoms with Crippen LogP contribution >= 0.6 is 0 Å². The number of aryl methyl sites for hydroxylation is 1. The fourth-order valence-corrected chi connectivity index (χ4v) is 5.56. The molecule has 3 heterocycles. The van der Waals surface area contributed by atoms with Gasteiger partial charge >= 0.3 is 0 Å². The van der Waals surface area contributed by atoms with Gasteiger partial charge in [0.1, 0.15) is 5.82 Å². The Morgan fingerprint density at radius 3 is 2.50 bits per heavy atom. The van der Waals surface area contributed by atoms with Crippen LogP contribution in [-0.4, -0.2) is 45.1 Å². The van der Waals surface area contributed by atoms with Crippen molar-refractivity contribution in [1.29, 1.82) is 0 Å². The topological polar surface area (TPSA) is 58.3 Å². The van der Waals surface area contributed by atoms with Crippen LogP contribution in [-0.2, 0) is 0 Å². The van der Waals surface area contributed by atoms with Crippen molar-refractivity contribution in [2.24, 2.45) is 10.9 Å². The number of nitrogens with one attached hydrogen (secondary N) is 1. The minimum Gasteiger partial charge on any atom is -0.352 e. The Balaban J connectivity index is 1.51. The third kappa shape index (κ3) is 5.61. The van der Waals surface area contributed by atoms with E-state index in [2.05, 4.69) is 51.8 Å². The predicted octanol–water partition coefficient (Wildman–Crippen LogP) is 6.74. The lowest BCUT2D eigenvalue weighted by Gasteiger charge is -2.31. The van der Waals surface area contributed by atoms with Crippen LogP contribution in [0.2, 0.25) is 0 Å². The maximum Gasteiger partial charge on any atom is 0.123 e. The molecule has 40 heavy (non-hydrogen) atoms. The number of fused-ring (bicyclic) bond motifs is 2. The monoisotopic (exact) mass is 534 g/mol. The third-order valence-corrected chi connectivity index (χ3v) is 7.47. The summed E-state index contributed by atoms with van der Waals surface area (Å²) in [5, 5.41) is 4.46. The molecule has 204 valence electrons. The van der Waals surface area contributed by atoms with E-state index >= 15 is 0 Å². The normalized spacial score (nSPS) is 15.4. The van der Waals surface area contributed by atoms with Crippen molar-refractivity contribution in [3.8, 4) is 17.1 Å². The highest BCUT2D eigenvalue weighted by molar-refractivity contribution is 5.84.